The van der Waals surface area contributed by atoms with E-state index in [9.17, 15) is 9.59 Å². The van der Waals surface area contributed by atoms with Crippen molar-refractivity contribution in [3.8, 4) is 11.3 Å². The Morgan fingerprint density at radius 3 is 2.76 bits per heavy atom. The number of imidazole rings is 1. The maximum absolute atomic E-state index is 12.7. The van der Waals surface area contributed by atoms with E-state index in [0.29, 0.717) is 42.0 Å². The predicted octanol–water partition coefficient (Wildman–Crippen LogP) is 2.25. The van der Waals surface area contributed by atoms with E-state index in [2.05, 4.69) is 15.6 Å². The highest BCUT2D eigenvalue weighted by Crippen LogP contribution is 2.30. The van der Waals surface area contributed by atoms with Crippen molar-refractivity contribution in [2.24, 2.45) is 0 Å². The number of hydrogen-bond acceptors (Lipinski definition) is 6. The van der Waals surface area contributed by atoms with Crippen LogP contribution >= 0.6 is 0 Å². The molecule has 9 nitrogen and oxygen atoms in total. The van der Waals surface area contributed by atoms with Crippen LogP contribution in [0.1, 0.15) is 16.8 Å². The van der Waals surface area contributed by atoms with Gasteiger partial charge in [-0.15, -0.1) is 0 Å². The number of aryl methyl sites for hydroxylation is 1. The van der Waals surface area contributed by atoms with Crippen LogP contribution in [-0.4, -0.2) is 57.5 Å². The number of carbonyl (C=O) groups excluding carboxylic acids is 2. The van der Waals surface area contributed by atoms with Crippen molar-refractivity contribution in [3.05, 3.63) is 72.8 Å². The number of amides is 2. The van der Waals surface area contributed by atoms with E-state index in [4.69, 9.17) is 9.97 Å². The highest BCUT2D eigenvalue weighted by Gasteiger charge is 2.23. The number of anilines is 1. The number of carbonyl (C=O) groups is 2. The molecule has 2 N–H and O–H groups in total. The fraction of sp³-hybridized carbons (Fsp3) is 0.240. The zero-order valence-corrected chi connectivity index (χ0v) is 18.6. The van der Waals surface area contributed by atoms with E-state index in [1.807, 2.05) is 52.1 Å². The SMILES string of the molecule is O=C1CN(c2nc3cc(C(=O)NCCCn4ccnc4)ccc3nc2-c2ccccc2)CCN1. The standard InChI is InChI=1S/C25H25N7O2/c33-22-16-32(14-11-27-22)24-23(18-5-2-1-3-6-18)29-20-8-7-19(15-21(20)30-24)25(34)28-9-4-12-31-13-10-26-17-31/h1-3,5-8,10,13,15,17H,4,9,11-12,14,16H2,(H,27,33)(H,28,34). The van der Waals surface area contributed by atoms with Gasteiger partial charge in [0.15, 0.2) is 5.82 Å². The van der Waals surface area contributed by atoms with Crippen LogP contribution < -0.4 is 15.5 Å². The van der Waals surface area contributed by atoms with Gasteiger partial charge in [0.1, 0.15) is 5.69 Å². The van der Waals surface area contributed by atoms with E-state index in [-0.39, 0.29) is 18.4 Å². The average molecular weight is 456 g/mol. The monoisotopic (exact) mass is 455 g/mol. The zero-order chi connectivity index (χ0) is 23.3. The molecule has 0 radical (unpaired) electrons. The molecule has 0 unspecified atom stereocenters. The minimum atomic E-state index is -0.152. The van der Waals surface area contributed by atoms with E-state index in [0.717, 1.165) is 24.2 Å². The number of nitrogens with one attached hydrogen (secondary N) is 2. The molecule has 1 saturated heterocycles. The molecule has 172 valence electrons. The number of hydrogen-bond donors (Lipinski definition) is 2. The summed E-state index contributed by atoms with van der Waals surface area (Å²) in [6, 6.07) is 15.2. The van der Waals surface area contributed by atoms with Gasteiger partial charge in [0.25, 0.3) is 5.91 Å². The Morgan fingerprint density at radius 1 is 1.09 bits per heavy atom. The van der Waals surface area contributed by atoms with Gasteiger partial charge in [-0.05, 0) is 24.6 Å². The van der Waals surface area contributed by atoms with Crippen LogP contribution in [0.5, 0.6) is 0 Å². The molecular weight excluding hydrogens is 430 g/mol. The van der Waals surface area contributed by atoms with Gasteiger partial charge < -0.3 is 20.1 Å². The lowest BCUT2D eigenvalue weighted by molar-refractivity contribution is -0.120. The lowest BCUT2D eigenvalue weighted by Crippen LogP contribution is -2.48. The highest BCUT2D eigenvalue weighted by molar-refractivity contribution is 5.98. The molecule has 9 heteroatoms. The van der Waals surface area contributed by atoms with E-state index in [1.54, 1.807) is 24.7 Å². The maximum atomic E-state index is 12.7. The molecule has 0 aliphatic carbocycles. The molecule has 0 saturated carbocycles. The summed E-state index contributed by atoms with van der Waals surface area (Å²) < 4.78 is 1.98. The topological polar surface area (TPSA) is 105 Å². The van der Waals surface area contributed by atoms with Crippen molar-refractivity contribution in [1.29, 1.82) is 0 Å². The molecule has 1 aliphatic heterocycles. The molecule has 0 atom stereocenters. The Labute approximate surface area is 196 Å². The van der Waals surface area contributed by atoms with Gasteiger partial charge in [-0.1, -0.05) is 30.3 Å². The second-order valence-electron chi connectivity index (χ2n) is 8.15. The Morgan fingerprint density at radius 2 is 1.97 bits per heavy atom. The summed E-state index contributed by atoms with van der Waals surface area (Å²) in [4.78, 5) is 40.5. The molecule has 2 amide bonds. The first-order chi connectivity index (χ1) is 16.7. The predicted molar refractivity (Wildman–Crippen MR) is 129 cm³/mol. The minimum Gasteiger partial charge on any atom is -0.353 e. The number of aromatic nitrogens is 4. The zero-order valence-electron chi connectivity index (χ0n) is 18.6. The van der Waals surface area contributed by atoms with Gasteiger partial charge in [-0.2, -0.15) is 0 Å². The highest BCUT2D eigenvalue weighted by atomic mass is 16.2. The Balaban J connectivity index is 1.41. The average Bonchev–Trinajstić information content (AvgIpc) is 3.39. The summed E-state index contributed by atoms with van der Waals surface area (Å²) in [5.74, 6) is 0.447. The minimum absolute atomic E-state index is 0.0454. The third-order valence-electron chi connectivity index (χ3n) is 5.73. The molecular formula is C25H25N7O2. The van der Waals surface area contributed by atoms with Crippen LogP contribution in [0.2, 0.25) is 0 Å². The van der Waals surface area contributed by atoms with Crippen molar-refractivity contribution in [3.63, 3.8) is 0 Å². The van der Waals surface area contributed by atoms with Crippen molar-refractivity contribution in [1.82, 2.24) is 30.2 Å². The molecule has 0 spiro atoms. The fourth-order valence-electron chi connectivity index (χ4n) is 4.00. The summed E-state index contributed by atoms with van der Waals surface area (Å²) >= 11 is 0. The van der Waals surface area contributed by atoms with Crippen LogP contribution in [0.3, 0.4) is 0 Å². The summed E-state index contributed by atoms with van der Waals surface area (Å²) in [6.45, 7) is 2.76. The second-order valence-corrected chi connectivity index (χ2v) is 8.15. The van der Waals surface area contributed by atoms with Crippen molar-refractivity contribution >= 4 is 28.7 Å². The van der Waals surface area contributed by atoms with Gasteiger partial charge in [0.2, 0.25) is 5.91 Å². The number of fused-ring (bicyclic) bond motifs is 1. The maximum Gasteiger partial charge on any atom is 0.251 e. The van der Waals surface area contributed by atoms with E-state index in [1.165, 1.54) is 0 Å². The smallest absolute Gasteiger partial charge is 0.251 e. The fourth-order valence-corrected chi connectivity index (χ4v) is 4.00. The first-order valence-corrected chi connectivity index (χ1v) is 11.3. The van der Waals surface area contributed by atoms with Crippen molar-refractivity contribution in [2.45, 2.75) is 13.0 Å². The second kappa shape index (κ2) is 9.70. The first kappa shape index (κ1) is 21.6. The molecule has 0 bridgehead atoms. The Kier molecular flexibility index (Phi) is 6.15. The molecule has 4 aromatic rings. The van der Waals surface area contributed by atoms with Gasteiger partial charge in [0.05, 0.1) is 23.9 Å². The van der Waals surface area contributed by atoms with Gasteiger partial charge >= 0.3 is 0 Å². The Hall–Kier alpha value is -4.27. The van der Waals surface area contributed by atoms with Crippen LogP contribution in [0.25, 0.3) is 22.3 Å². The largest absolute Gasteiger partial charge is 0.353 e. The molecule has 34 heavy (non-hydrogen) atoms. The normalized spacial score (nSPS) is 13.6. The molecule has 1 aliphatic rings. The third-order valence-corrected chi connectivity index (χ3v) is 5.73. The molecule has 5 rings (SSSR count). The number of benzene rings is 2. The van der Waals surface area contributed by atoms with Crippen LogP contribution in [-0.2, 0) is 11.3 Å². The van der Waals surface area contributed by atoms with Gasteiger partial charge in [-0.25, -0.2) is 15.0 Å². The van der Waals surface area contributed by atoms with E-state index < -0.39 is 0 Å². The molecule has 3 heterocycles. The summed E-state index contributed by atoms with van der Waals surface area (Å²) in [6.07, 6.45) is 6.20. The Bertz CT molecular complexity index is 1310. The summed E-state index contributed by atoms with van der Waals surface area (Å²) in [5.41, 5.74) is 3.49. The van der Waals surface area contributed by atoms with Crippen molar-refractivity contribution in [2.75, 3.05) is 31.1 Å². The number of piperazine rings is 1. The third kappa shape index (κ3) is 4.73. The van der Waals surface area contributed by atoms with Crippen LogP contribution in [0.15, 0.2) is 67.3 Å². The molecule has 1 fully saturated rings. The van der Waals surface area contributed by atoms with Crippen molar-refractivity contribution < 1.29 is 9.59 Å². The number of nitrogens with zero attached hydrogens (tertiary/aromatic N) is 5. The molecule has 2 aromatic carbocycles. The number of rotatable bonds is 7. The first-order valence-electron chi connectivity index (χ1n) is 11.3. The lowest BCUT2D eigenvalue weighted by atomic mass is 10.1. The van der Waals surface area contributed by atoms with Crippen LogP contribution in [0.4, 0.5) is 5.82 Å². The van der Waals surface area contributed by atoms with Crippen LogP contribution in [0, 0.1) is 0 Å². The van der Waals surface area contributed by atoms with E-state index >= 15 is 0 Å². The quantitative estimate of drug-likeness (QED) is 0.414. The summed E-state index contributed by atoms with van der Waals surface area (Å²) in [7, 11) is 0. The lowest BCUT2D eigenvalue weighted by Gasteiger charge is -2.29. The van der Waals surface area contributed by atoms with Gasteiger partial charge in [0, 0.05) is 49.7 Å². The van der Waals surface area contributed by atoms with Gasteiger partial charge in [-0.3, -0.25) is 9.59 Å². The molecule has 2 aromatic heterocycles. The summed E-state index contributed by atoms with van der Waals surface area (Å²) in [5, 5.41) is 5.81.